The third-order valence-corrected chi connectivity index (χ3v) is 4.59. The average Bonchev–Trinajstić information content (AvgIpc) is 2.40. The van der Waals surface area contributed by atoms with Crippen LogP contribution in [-0.2, 0) is 9.84 Å². The van der Waals surface area contributed by atoms with E-state index in [2.05, 4.69) is 4.98 Å². The summed E-state index contributed by atoms with van der Waals surface area (Å²) in [5.74, 6) is -0.00513. The van der Waals surface area contributed by atoms with E-state index in [0.717, 1.165) is 25.4 Å². The highest BCUT2D eigenvalue weighted by atomic mass is 35.5. The second kappa shape index (κ2) is 8.13. The van der Waals surface area contributed by atoms with Crippen LogP contribution in [0.2, 0.25) is 0 Å². The second-order valence-corrected chi connectivity index (χ2v) is 6.19. The number of rotatable bonds is 7. The van der Waals surface area contributed by atoms with Crippen LogP contribution in [-0.4, -0.2) is 43.7 Å². The molecule has 0 radical (unpaired) electrons. The number of halogens is 1. The molecule has 1 heterocycles. The maximum atomic E-state index is 12.0. The highest BCUT2D eigenvalue weighted by Crippen LogP contribution is 2.13. The number of hydrogen-bond acceptors (Lipinski definition) is 5. The van der Waals surface area contributed by atoms with E-state index in [-0.39, 0.29) is 28.9 Å². The molecule has 0 saturated heterocycles. The molecule has 0 saturated carbocycles. The summed E-state index contributed by atoms with van der Waals surface area (Å²) >= 11 is 0. The first-order valence-electron chi connectivity index (χ1n) is 6.07. The van der Waals surface area contributed by atoms with Crippen molar-refractivity contribution in [3.63, 3.8) is 0 Å². The Labute approximate surface area is 124 Å². The topological polar surface area (TPSA) is 94.6 Å². The van der Waals surface area contributed by atoms with Crippen molar-refractivity contribution in [3.05, 3.63) is 28.4 Å². The van der Waals surface area contributed by atoms with Crippen LogP contribution in [0, 0.1) is 10.1 Å². The smallest absolute Gasteiger partial charge is 0.287 e. The van der Waals surface area contributed by atoms with E-state index in [1.807, 2.05) is 13.8 Å². The molecule has 0 spiro atoms. The van der Waals surface area contributed by atoms with E-state index in [0.29, 0.717) is 6.54 Å². The van der Waals surface area contributed by atoms with E-state index >= 15 is 0 Å². The van der Waals surface area contributed by atoms with Crippen molar-refractivity contribution in [3.8, 4) is 0 Å². The Morgan fingerprint density at radius 2 is 1.90 bits per heavy atom. The molecule has 1 aromatic rings. The van der Waals surface area contributed by atoms with Gasteiger partial charge in [0.15, 0.2) is 5.03 Å². The third-order valence-electron chi connectivity index (χ3n) is 2.97. The number of nitrogens with one attached hydrogen (secondary N) is 1. The first-order valence-corrected chi connectivity index (χ1v) is 7.72. The highest BCUT2D eigenvalue weighted by Gasteiger charge is 2.19. The van der Waals surface area contributed by atoms with Crippen molar-refractivity contribution in [2.24, 2.45) is 0 Å². The molecule has 0 unspecified atom stereocenters. The van der Waals surface area contributed by atoms with Crippen LogP contribution < -0.4 is 17.3 Å². The molecule has 20 heavy (non-hydrogen) atoms. The molecule has 7 nitrogen and oxygen atoms in total. The van der Waals surface area contributed by atoms with Crippen LogP contribution in [0.1, 0.15) is 13.8 Å². The van der Waals surface area contributed by atoms with Gasteiger partial charge in [-0.05, 0) is 19.9 Å². The Bertz CT molecular complexity index is 529. The molecule has 1 aromatic heterocycles. The monoisotopic (exact) mass is 323 g/mol. The van der Waals surface area contributed by atoms with Gasteiger partial charge in [0.25, 0.3) is 5.69 Å². The van der Waals surface area contributed by atoms with Gasteiger partial charge in [0, 0.05) is 6.07 Å². The number of quaternary nitrogens is 1. The van der Waals surface area contributed by atoms with Gasteiger partial charge in [-0.3, -0.25) is 10.1 Å². The van der Waals surface area contributed by atoms with E-state index in [1.54, 1.807) is 0 Å². The summed E-state index contributed by atoms with van der Waals surface area (Å²) in [6.07, 6.45) is 0.969. The lowest BCUT2D eigenvalue weighted by molar-refractivity contribution is -0.893. The maximum absolute atomic E-state index is 12.0. The lowest BCUT2D eigenvalue weighted by Crippen LogP contribution is -3.11. The molecule has 0 bridgehead atoms. The molecule has 9 heteroatoms. The summed E-state index contributed by atoms with van der Waals surface area (Å²) < 4.78 is 24.0. The summed E-state index contributed by atoms with van der Waals surface area (Å²) in [6.45, 7) is 6.22. The van der Waals surface area contributed by atoms with Gasteiger partial charge in [0.2, 0.25) is 9.84 Å². The fourth-order valence-corrected chi connectivity index (χ4v) is 2.91. The summed E-state index contributed by atoms with van der Waals surface area (Å²) in [6, 6.07) is 2.34. The van der Waals surface area contributed by atoms with E-state index < -0.39 is 14.8 Å². The summed E-state index contributed by atoms with van der Waals surface area (Å²) in [4.78, 5) is 14.7. The minimum atomic E-state index is -3.47. The van der Waals surface area contributed by atoms with Gasteiger partial charge in [0.05, 0.1) is 24.6 Å². The summed E-state index contributed by atoms with van der Waals surface area (Å²) in [7, 11) is -3.47. The molecule has 0 aliphatic carbocycles. The molecule has 0 fully saturated rings. The van der Waals surface area contributed by atoms with Gasteiger partial charge in [-0.1, -0.05) is 0 Å². The average molecular weight is 324 g/mol. The van der Waals surface area contributed by atoms with Crippen molar-refractivity contribution in [2.75, 3.05) is 25.4 Å². The first-order chi connectivity index (χ1) is 8.90. The number of sulfone groups is 1. The van der Waals surface area contributed by atoms with Gasteiger partial charge in [-0.25, -0.2) is 13.4 Å². The lowest BCUT2D eigenvalue weighted by atomic mass is 10.4. The highest BCUT2D eigenvalue weighted by molar-refractivity contribution is 7.91. The molecule has 0 aliphatic rings. The Hall–Kier alpha value is -1.25. The van der Waals surface area contributed by atoms with Crippen LogP contribution in [0.5, 0.6) is 0 Å². The van der Waals surface area contributed by atoms with Crippen LogP contribution in [0.3, 0.4) is 0 Å². The minimum absolute atomic E-state index is 0. The van der Waals surface area contributed by atoms with Gasteiger partial charge >= 0.3 is 0 Å². The Balaban J connectivity index is 0.00000361. The van der Waals surface area contributed by atoms with E-state index in [9.17, 15) is 18.5 Å². The van der Waals surface area contributed by atoms with Gasteiger partial charge in [-0.2, -0.15) is 0 Å². The molecule has 114 valence electrons. The van der Waals surface area contributed by atoms with Crippen LogP contribution in [0.25, 0.3) is 0 Å². The van der Waals surface area contributed by atoms with Crippen molar-refractivity contribution in [1.82, 2.24) is 4.98 Å². The predicted octanol–water partition coefficient (Wildman–Crippen LogP) is -3.31. The molecular formula is C11H18ClN3O4S. The van der Waals surface area contributed by atoms with Crippen molar-refractivity contribution < 1.29 is 30.6 Å². The molecule has 1 N–H and O–H groups in total. The standard InChI is InChI=1S/C11H17N3O4S.ClH/c1-3-13(4-2)7-8-19(17,18)11-6-5-10(9-12-11)14(15)16;/h5-6,9H,3-4,7-8H2,1-2H3;1H. The fourth-order valence-electron chi connectivity index (χ4n) is 1.65. The summed E-state index contributed by atoms with van der Waals surface area (Å²) in [5.41, 5.74) is -0.215. The van der Waals surface area contributed by atoms with Crippen molar-refractivity contribution >= 4 is 15.5 Å². The van der Waals surface area contributed by atoms with Crippen LogP contribution >= 0.6 is 0 Å². The Morgan fingerprint density at radius 1 is 1.30 bits per heavy atom. The molecule has 0 aromatic carbocycles. The lowest BCUT2D eigenvalue weighted by Gasteiger charge is -2.14. The Kier molecular flexibility index (Phi) is 7.62. The van der Waals surface area contributed by atoms with E-state index in [1.165, 1.54) is 11.0 Å². The minimum Gasteiger partial charge on any atom is -1.00 e. The van der Waals surface area contributed by atoms with Crippen molar-refractivity contribution in [2.45, 2.75) is 18.9 Å². The number of pyridine rings is 1. The second-order valence-electron chi connectivity index (χ2n) is 4.14. The molecule has 0 aliphatic heterocycles. The molecular weight excluding hydrogens is 306 g/mol. The molecule has 0 atom stereocenters. The first kappa shape index (κ1) is 18.8. The Morgan fingerprint density at radius 3 is 2.30 bits per heavy atom. The number of aromatic nitrogens is 1. The largest absolute Gasteiger partial charge is 1.00 e. The third kappa shape index (κ3) is 5.03. The zero-order chi connectivity index (χ0) is 14.5. The maximum Gasteiger partial charge on any atom is 0.287 e. The van der Waals surface area contributed by atoms with E-state index in [4.69, 9.17) is 0 Å². The number of nitro groups is 1. The molecule has 1 rings (SSSR count). The van der Waals surface area contributed by atoms with Crippen molar-refractivity contribution in [1.29, 1.82) is 0 Å². The SMILES string of the molecule is CC[NH+](CC)CCS(=O)(=O)c1ccc([N+](=O)[O-])cn1.[Cl-]. The molecule has 0 amide bonds. The quantitative estimate of drug-likeness (QED) is 0.419. The van der Waals surface area contributed by atoms with Crippen LogP contribution in [0.4, 0.5) is 5.69 Å². The number of hydrogen-bond donors (Lipinski definition) is 1. The number of nitrogens with zero attached hydrogens (tertiary/aromatic N) is 2. The van der Waals surface area contributed by atoms with Gasteiger partial charge < -0.3 is 17.3 Å². The van der Waals surface area contributed by atoms with Gasteiger partial charge in [-0.15, -0.1) is 0 Å². The summed E-state index contributed by atoms with van der Waals surface area (Å²) in [5, 5.41) is 10.4. The fraction of sp³-hybridized carbons (Fsp3) is 0.545. The predicted molar refractivity (Wildman–Crippen MR) is 69.9 cm³/mol. The zero-order valence-corrected chi connectivity index (χ0v) is 12.9. The zero-order valence-electron chi connectivity index (χ0n) is 11.4. The van der Waals surface area contributed by atoms with Crippen LogP contribution in [0.15, 0.2) is 23.4 Å². The van der Waals surface area contributed by atoms with Gasteiger partial charge in [0.1, 0.15) is 11.9 Å². The normalized spacial score (nSPS) is 11.2.